The first-order valence-electron chi connectivity index (χ1n) is 8.52. The maximum atomic E-state index is 6.25. The maximum Gasteiger partial charge on any atom is 0.134 e. The van der Waals surface area contributed by atoms with E-state index in [4.69, 9.17) is 9.47 Å². The number of fused-ring (bicyclic) bond motifs is 2. The molecule has 2 atom stereocenters. The summed E-state index contributed by atoms with van der Waals surface area (Å²) in [6.07, 6.45) is 5.13. The zero-order valence-electron chi connectivity index (χ0n) is 13.5. The summed E-state index contributed by atoms with van der Waals surface area (Å²) in [5.41, 5.74) is 1.12. The van der Waals surface area contributed by atoms with Crippen LogP contribution in [0.4, 0.5) is 0 Å². The Balaban J connectivity index is 1.48. The van der Waals surface area contributed by atoms with Crippen molar-refractivity contribution in [1.29, 1.82) is 0 Å². The van der Waals surface area contributed by atoms with Gasteiger partial charge in [0, 0.05) is 18.2 Å². The molecule has 2 aliphatic heterocycles. The fourth-order valence-corrected chi connectivity index (χ4v) is 3.67. The van der Waals surface area contributed by atoms with E-state index in [0.29, 0.717) is 18.2 Å². The van der Waals surface area contributed by atoms with Crippen LogP contribution in [0.5, 0.6) is 17.2 Å². The molecule has 2 heterocycles. The number of rotatable bonds is 4. The molecule has 2 unspecified atom stereocenters. The van der Waals surface area contributed by atoms with Gasteiger partial charge in [-0.1, -0.05) is 24.3 Å². The van der Waals surface area contributed by atoms with Crippen LogP contribution in [0.1, 0.15) is 31.2 Å². The van der Waals surface area contributed by atoms with Crippen molar-refractivity contribution >= 4 is 0 Å². The van der Waals surface area contributed by atoms with Gasteiger partial charge in [-0.25, -0.2) is 0 Å². The van der Waals surface area contributed by atoms with Crippen LogP contribution in [-0.2, 0) is 0 Å². The Morgan fingerprint density at radius 3 is 2.39 bits per heavy atom. The van der Waals surface area contributed by atoms with Crippen molar-refractivity contribution < 1.29 is 9.47 Å². The molecule has 3 heteroatoms. The maximum absolute atomic E-state index is 6.25. The summed E-state index contributed by atoms with van der Waals surface area (Å²) < 4.78 is 12.3. The number of hydrogen-bond donors (Lipinski definition) is 1. The molecule has 0 amide bonds. The lowest BCUT2D eigenvalue weighted by Crippen LogP contribution is -2.42. The summed E-state index contributed by atoms with van der Waals surface area (Å²) >= 11 is 0. The number of hydrogen-bond acceptors (Lipinski definition) is 3. The lowest BCUT2D eigenvalue weighted by atomic mass is 10.0. The third kappa shape index (κ3) is 3.35. The molecule has 0 saturated carbocycles. The predicted octanol–water partition coefficient (Wildman–Crippen LogP) is 4.45. The first-order chi connectivity index (χ1) is 11.3. The van der Waals surface area contributed by atoms with E-state index in [-0.39, 0.29) is 0 Å². The zero-order chi connectivity index (χ0) is 15.6. The van der Waals surface area contributed by atoms with E-state index in [1.165, 1.54) is 12.8 Å². The minimum atomic E-state index is 0.320. The Morgan fingerprint density at radius 2 is 1.65 bits per heavy atom. The van der Waals surface area contributed by atoms with Crippen molar-refractivity contribution in [3.63, 3.8) is 0 Å². The van der Waals surface area contributed by atoms with Gasteiger partial charge >= 0.3 is 0 Å². The standard InChI is InChI=1S/C20H23NO2/c1-14-7-10-18(13-20(14)23-17-5-3-2-4-6-17)22-19-11-15-8-9-16(12-19)21-15/h2-7,10,13,15-16,19,21H,8-9,11-12H2,1H3. The van der Waals surface area contributed by atoms with E-state index in [1.807, 2.05) is 36.4 Å². The topological polar surface area (TPSA) is 30.5 Å². The van der Waals surface area contributed by atoms with E-state index in [2.05, 4.69) is 24.4 Å². The Kier molecular flexibility index (Phi) is 3.96. The highest BCUT2D eigenvalue weighted by atomic mass is 16.5. The normalized spacial score (nSPS) is 26.0. The lowest BCUT2D eigenvalue weighted by molar-refractivity contribution is 0.137. The molecule has 2 fully saturated rings. The monoisotopic (exact) mass is 309 g/mol. The molecule has 3 nitrogen and oxygen atoms in total. The number of piperidine rings is 1. The molecule has 2 saturated heterocycles. The second-order valence-corrected chi connectivity index (χ2v) is 6.69. The number of nitrogens with one attached hydrogen (secondary N) is 1. The van der Waals surface area contributed by atoms with Crippen molar-refractivity contribution in [1.82, 2.24) is 5.32 Å². The van der Waals surface area contributed by atoms with Gasteiger partial charge in [-0.15, -0.1) is 0 Å². The van der Waals surface area contributed by atoms with E-state index in [9.17, 15) is 0 Å². The SMILES string of the molecule is Cc1ccc(OC2CC3CCC(C2)N3)cc1Oc1ccccc1. The van der Waals surface area contributed by atoms with Crippen LogP contribution < -0.4 is 14.8 Å². The number of para-hydroxylation sites is 1. The largest absolute Gasteiger partial charge is 0.490 e. The van der Waals surface area contributed by atoms with Crippen molar-refractivity contribution in [3.05, 3.63) is 54.1 Å². The van der Waals surface area contributed by atoms with Crippen molar-refractivity contribution in [2.24, 2.45) is 0 Å². The quantitative estimate of drug-likeness (QED) is 0.905. The van der Waals surface area contributed by atoms with Gasteiger partial charge in [-0.2, -0.15) is 0 Å². The first-order valence-corrected chi connectivity index (χ1v) is 8.52. The van der Waals surface area contributed by atoms with Crippen LogP contribution >= 0.6 is 0 Å². The summed E-state index contributed by atoms with van der Waals surface area (Å²) in [5, 5.41) is 3.65. The van der Waals surface area contributed by atoms with Crippen LogP contribution in [0.2, 0.25) is 0 Å². The average molecular weight is 309 g/mol. The average Bonchev–Trinajstić information content (AvgIpc) is 2.90. The Labute approximate surface area is 137 Å². The molecule has 2 aromatic carbocycles. The Morgan fingerprint density at radius 1 is 0.913 bits per heavy atom. The van der Waals surface area contributed by atoms with Gasteiger partial charge in [0.05, 0.1) is 0 Å². The first kappa shape index (κ1) is 14.6. The van der Waals surface area contributed by atoms with Crippen molar-refractivity contribution in [2.75, 3.05) is 0 Å². The highest BCUT2D eigenvalue weighted by Gasteiger charge is 2.34. The molecule has 2 bridgehead atoms. The molecule has 4 rings (SSSR count). The molecule has 2 aromatic rings. The van der Waals surface area contributed by atoms with Crippen LogP contribution in [0.15, 0.2) is 48.5 Å². The minimum Gasteiger partial charge on any atom is -0.490 e. The third-order valence-corrected chi connectivity index (χ3v) is 4.86. The highest BCUT2D eigenvalue weighted by Crippen LogP contribution is 2.33. The molecule has 0 radical (unpaired) electrons. The lowest BCUT2D eigenvalue weighted by Gasteiger charge is -2.29. The molecule has 0 spiro atoms. The zero-order valence-corrected chi connectivity index (χ0v) is 13.5. The number of benzene rings is 2. The van der Waals surface area contributed by atoms with Gasteiger partial charge in [-0.3, -0.25) is 0 Å². The van der Waals surface area contributed by atoms with Gasteiger partial charge < -0.3 is 14.8 Å². The third-order valence-electron chi connectivity index (χ3n) is 4.86. The second kappa shape index (κ2) is 6.25. The van der Waals surface area contributed by atoms with Gasteiger partial charge in [0.1, 0.15) is 23.4 Å². The molecule has 1 N–H and O–H groups in total. The fourth-order valence-electron chi connectivity index (χ4n) is 3.67. The Hall–Kier alpha value is -2.00. The van der Waals surface area contributed by atoms with Gasteiger partial charge in [0.25, 0.3) is 0 Å². The molecule has 120 valence electrons. The molecular weight excluding hydrogens is 286 g/mol. The van der Waals surface area contributed by atoms with E-state index >= 15 is 0 Å². The molecular formula is C20H23NO2. The minimum absolute atomic E-state index is 0.320. The molecule has 23 heavy (non-hydrogen) atoms. The fraction of sp³-hybridized carbons (Fsp3) is 0.400. The van der Waals surface area contributed by atoms with Gasteiger partial charge in [-0.05, 0) is 56.4 Å². The smallest absolute Gasteiger partial charge is 0.134 e. The van der Waals surface area contributed by atoms with E-state index < -0.39 is 0 Å². The molecule has 0 aromatic heterocycles. The van der Waals surface area contributed by atoms with Gasteiger partial charge in [0.15, 0.2) is 0 Å². The van der Waals surface area contributed by atoms with Crippen LogP contribution in [0.3, 0.4) is 0 Å². The second-order valence-electron chi connectivity index (χ2n) is 6.69. The van der Waals surface area contributed by atoms with E-state index in [0.717, 1.165) is 35.7 Å². The number of aryl methyl sites for hydroxylation is 1. The number of ether oxygens (including phenoxy) is 2. The van der Waals surface area contributed by atoms with Crippen molar-refractivity contribution in [3.8, 4) is 17.2 Å². The summed E-state index contributed by atoms with van der Waals surface area (Å²) in [6, 6.07) is 17.3. The van der Waals surface area contributed by atoms with Crippen LogP contribution in [0.25, 0.3) is 0 Å². The van der Waals surface area contributed by atoms with Crippen LogP contribution in [-0.4, -0.2) is 18.2 Å². The van der Waals surface area contributed by atoms with Crippen molar-refractivity contribution in [2.45, 2.75) is 50.8 Å². The molecule has 0 aliphatic carbocycles. The highest BCUT2D eigenvalue weighted by molar-refractivity contribution is 5.42. The predicted molar refractivity (Wildman–Crippen MR) is 91.3 cm³/mol. The molecule has 2 aliphatic rings. The summed E-state index contributed by atoms with van der Waals surface area (Å²) in [6.45, 7) is 2.06. The summed E-state index contributed by atoms with van der Waals surface area (Å²) in [7, 11) is 0. The Bertz CT molecular complexity index is 659. The summed E-state index contributed by atoms with van der Waals surface area (Å²) in [4.78, 5) is 0. The summed E-state index contributed by atoms with van der Waals surface area (Å²) in [5.74, 6) is 2.63. The van der Waals surface area contributed by atoms with Gasteiger partial charge in [0.2, 0.25) is 0 Å². The van der Waals surface area contributed by atoms with Crippen LogP contribution in [0, 0.1) is 6.92 Å². The van der Waals surface area contributed by atoms with E-state index in [1.54, 1.807) is 0 Å².